The molecule has 0 radical (unpaired) electrons. The minimum Gasteiger partial charge on any atom is -0.323 e. The van der Waals surface area contributed by atoms with Gasteiger partial charge in [0.2, 0.25) is 5.82 Å². The molecule has 1 N–H and O–H groups in total. The van der Waals surface area contributed by atoms with Crippen molar-refractivity contribution in [2.45, 2.75) is 13.0 Å². The van der Waals surface area contributed by atoms with Crippen LogP contribution in [0.1, 0.15) is 12.2 Å². The lowest BCUT2D eigenvalue weighted by Crippen LogP contribution is -2.42. The maximum absolute atomic E-state index is 8.70. The van der Waals surface area contributed by atoms with Gasteiger partial charge in [0, 0.05) is 18.9 Å². The molecule has 1 saturated heterocycles. The van der Waals surface area contributed by atoms with Gasteiger partial charge in [-0.15, -0.1) is 0 Å². The second kappa shape index (κ2) is 3.58. The Labute approximate surface area is 77.2 Å². The summed E-state index contributed by atoms with van der Waals surface area (Å²) >= 11 is 0. The molecule has 13 heavy (non-hydrogen) atoms. The second-order valence-corrected chi connectivity index (χ2v) is 3.37. The Balaban J connectivity index is 1.90. The zero-order valence-electron chi connectivity index (χ0n) is 7.40. The second-order valence-electron chi connectivity index (χ2n) is 3.37. The van der Waals surface area contributed by atoms with Crippen LogP contribution in [0.15, 0.2) is 12.4 Å². The molecule has 0 unspecified atom stereocenters. The number of nitriles is 1. The lowest BCUT2D eigenvalue weighted by Gasteiger charge is -2.27. The third-order valence-corrected chi connectivity index (χ3v) is 2.46. The van der Waals surface area contributed by atoms with Crippen LogP contribution in [-0.2, 0) is 6.54 Å². The lowest BCUT2D eigenvalue weighted by molar-refractivity contribution is 0.311. The first-order valence-electron chi connectivity index (χ1n) is 4.52. The van der Waals surface area contributed by atoms with Gasteiger partial charge in [0.15, 0.2) is 0 Å². The molecule has 0 aliphatic carbocycles. The highest BCUT2D eigenvalue weighted by Gasteiger charge is 2.16. The fourth-order valence-corrected chi connectivity index (χ4v) is 1.48. The van der Waals surface area contributed by atoms with E-state index in [1.54, 1.807) is 6.20 Å². The maximum atomic E-state index is 8.70. The number of rotatable bonds is 3. The molecule has 0 aromatic carbocycles. The van der Waals surface area contributed by atoms with Crippen molar-refractivity contribution in [3.8, 4) is 6.07 Å². The van der Waals surface area contributed by atoms with E-state index >= 15 is 0 Å². The minimum atomic E-state index is 0.521. The third kappa shape index (κ3) is 1.70. The van der Waals surface area contributed by atoms with Crippen LogP contribution in [0.3, 0.4) is 0 Å². The van der Waals surface area contributed by atoms with Crippen molar-refractivity contribution in [1.82, 2.24) is 14.9 Å². The highest BCUT2D eigenvalue weighted by molar-refractivity contribution is 5.10. The van der Waals surface area contributed by atoms with E-state index in [1.807, 2.05) is 10.8 Å². The van der Waals surface area contributed by atoms with Gasteiger partial charge in [0.05, 0.1) is 0 Å². The molecule has 68 valence electrons. The van der Waals surface area contributed by atoms with Gasteiger partial charge in [-0.3, -0.25) is 0 Å². The van der Waals surface area contributed by atoms with Crippen molar-refractivity contribution < 1.29 is 0 Å². The summed E-state index contributed by atoms with van der Waals surface area (Å²) in [5.41, 5.74) is 0. The number of aromatic nitrogens is 2. The highest BCUT2D eigenvalue weighted by atomic mass is 15.1. The molecule has 0 bridgehead atoms. The summed E-state index contributed by atoms with van der Waals surface area (Å²) in [6.07, 6.45) is 4.68. The zero-order chi connectivity index (χ0) is 9.10. The molecule has 4 nitrogen and oxygen atoms in total. The number of aryl methyl sites for hydroxylation is 1. The Kier molecular flexibility index (Phi) is 2.28. The Hall–Kier alpha value is -1.34. The summed E-state index contributed by atoms with van der Waals surface area (Å²) < 4.78 is 1.92. The SMILES string of the molecule is N#Cc1nccn1CCC1CNC1. The van der Waals surface area contributed by atoms with Crippen molar-refractivity contribution in [3.05, 3.63) is 18.2 Å². The molecule has 0 amide bonds. The van der Waals surface area contributed by atoms with Gasteiger partial charge in [-0.25, -0.2) is 4.98 Å². The van der Waals surface area contributed by atoms with Crippen molar-refractivity contribution >= 4 is 0 Å². The van der Waals surface area contributed by atoms with E-state index in [9.17, 15) is 0 Å². The highest BCUT2D eigenvalue weighted by Crippen LogP contribution is 2.10. The predicted molar refractivity (Wildman–Crippen MR) is 47.9 cm³/mol. The zero-order valence-corrected chi connectivity index (χ0v) is 7.40. The van der Waals surface area contributed by atoms with E-state index in [2.05, 4.69) is 16.4 Å². The predicted octanol–water partition coefficient (Wildman–Crippen LogP) is 0.364. The van der Waals surface area contributed by atoms with Crippen LogP contribution >= 0.6 is 0 Å². The molecule has 1 aromatic heterocycles. The molecule has 1 aliphatic rings. The van der Waals surface area contributed by atoms with Gasteiger partial charge >= 0.3 is 0 Å². The summed E-state index contributed by atoms with van der Waals surface area (Å²) in [5.74, 6) is 1.31. The molecule has 2 rings (SSSR count). The molecule has 1 aliphatic heterocycles. The number of imidazole rings is 1. The van der Waals surface area contributed by atoms with Gasteiger partial charge in [-0.2, -0.15) is 5.26 Å². The topological polar surface area (TPSA) is 53.6 Å². The first-order valence-corrected chi connectivity index (χ1v) is 4.52. The Morgan fingerprint density at radius 2 is 2.54 bits per heavy atom. The van der Waals surface area contributed by atoms with Gasteiger partial charge in [0.25, 0.3) is 0 Å². The number of hydrogen-bond acceptors (Lipinski definition) is 3. The summed E-state index contributed by atoms with van der Waals surface area (Å²) in [6, 6.07) is 2.07. The van der Waals surface area contributed by atoms with E-state index in [0.29, 0.717) is 5.82 Å². The fourth-order valence-electron chi connectivity index (χ4n) is 1.48. The number of hydrogen-bond donors (Lipinski definition) is 1. The Morgan fingerprint density at radius 3 is 3.15 bits per heavy atom. The van der Waals surface area contributed by atoms with E-state index in [1.165, 1.54) is 0 Å². The molecule has 1 aromatic rings. The molecule has 1 fully saturated rings. The first kappa shape index (κ1) is 8.27. The summed E-state index contributed by atoms with van der Waals surface area (Å²) in [7, 11) is 0. The van der Waals surface area contributed by atoms with Gasteiger partial charge in [-0.05, 0) is 25.4 Å². The lowest BCUT2D eigenvalue weighted by atomic mass is 10.00. The van der Waals surface area contributed by atoms with Crippen molar-refractivity contribution in [2.24, 2.45) is 5.92 Å². The van der Waals surface area contributed by atoms with Crippen LogP contribution in [0.4, 0.5) is 0 Å². The molecule has 0 saturated carbocycles. The maximum Gasteiger partial charge on any atom is 0.212 e. The summed E-state index contributed by atoms with van der Waals surface area (Å²) in [4.78, 5) is 3.94. The molecule has 2 heterocycles. The van der Waals surface area contributed by atoms with E-state index in [-0.39, 0.29) is 0 Å². The van der Waals surface area contributed by atoms with Gasteiger partial charge in [0.1, 0.15) is 6.07 Å². The number of nitrogens with one attached hydrogen (secondary N) is 1. The van der Waals surface area contributed by atoms with Gasteiger partial charge in [-0.1, -0.05) is 0 Å². The fraction of sp³-hybridized carbons (Fsp3) is 0.556. The average Bonchev–Trinajstić information content (AvgIpc) is 2.49. The first-order chi connectivity index (χ1) is 6.40. The average molecular weight is 176 g/mol. The monoisotopic (exact) mass is 176 g/mol. The standard InChI is InChI=1S/C9H12N4/c10-5-9-12-2-4-13(9)3-1-8-6-11-7-8/h2,4,8,11H,1,3,6-7H2. The Bertz CT molecular complexity index is 319. The number of nitrogens with zero attached hydrogens (tertiary/aromatic N) is 3. The van der Waals surface area contributed by atoms with Crippen LogP contribution in [-0.4, -0.2) is 22.6 Å². The van der Waals surface area contributed by atoms with Gasteiger partial charge < -0.3 is 9.88 Å². The van der Waals surface area contributed by atoms with Crippen LogP contribution in [0, 0.1) is 17.2 Å². The summed E-state index contributed by atoms with van der Waals surface area (Å²) in [6.45, 7) is 3.16. The van der Waals surface area contributed by atoms with Crippen LogP contribution in [0.2, 0.25) is 0 Å². The minimum absolute atomic E-state index is 0.521. The normalized spacial score (nSPS) is 16.5. The van der Waals surface area contributed by atoms with Crippen molar-refractivity contribution in [3.63, 3.8) is 0 Å². The summed E-state index contributed by atoms with van der Waals surface area (Å²) in [5, 5.41) is 11.9. The van der Waals surface area contributed by atoms with Crippen LogP contribution in [0.25, 0.3) is 0 Å². The van der Waals surface area contributed by atoms with Crippen LogP contribution < -0.4 is 5.32 Å². The quantitative estimate of drug-likeness (QED) is 0.723. The van der Waals surface area contributed by atoms with Crippen molar-refractivity contribution in [2.75, 3.05) is 13.1 Å². The third-order valence-electron chi connectivity index (χ3n) is 2.46. The van der Waals surface area contributed by atoms with E-state index < -0.39 is 0 Å². The molecule has 4 heteroatoms. The molecular formula is C9H12N4. The van der Waals surface area contributed by atoms with Crippen molar-refractivity contribution in [1.29, 1.82) is 5.26 Å². The Morgan fingerprint density at radius 1 is 1.69 bits per heavy atom. The van der Waals surface area contributed by atoms with E-state index in [4.69, 9.17) is 5.26 Å². The molecular weight excluding hydrogens is 164 g/mol. The smallest absolute Gasteiger partial charge is 0.212 e. The van der Waals surface area contributed by atoms with E-state index in [0.717, 1.165) is 32.0 Å². The largest absolute Gasteiger partial charge is 0.323 e. The molecule has 0 atom stereocenters. The molecule has 0 spiro atoms. The van der Waals surface area contributed by atoms with Crippen LogP contribution in [0.5, 0.6) is 0 Å².